The van der Waals surface area contributed by atoms with Crippen molar-refractivity contribution in [3.63, 3.8) is 0 Å². The fourth-order valence-corrected chi connectivity index (χ4v) is 5.08. The van der Waals surface area contributed by atoms with E-state index >= 15 is 0 Å². The first-order chi connectivity index (χ1) is 8.84. The van der Waals surface area contributed by atoms with E-state index in [-0.39, 0.29) is 22.8 Å². The summed E-state index contributed by atoms with van der Waals surface area (Å²) in [6.45, 7) is 3.88. The van der Waals surface area contributed by atoms with Crippen molar-refractivity contribution in [2.75, 3.05) is 5.73 Å². The third kappa shape index (κ3) is 2.78. The molecule has 2 atom stereocenters. The van der Waals surface area contributed by atoms with Gasteiger partial charge in [0.1, 0.15) is 10.7 Å². The molecule has 1 aromatic rings. The Bertz CT molecular complexity index is 566. The van der Waals surface area contributed by atoms with Crippen molar-refractivity contribution in [1.82, 2.24) is 9.29 Å². The smallest absolute Gasteiger partial charge is 0.247 e. The summed E-state index contributed by atoms with van der Waals surface area (Å²) < 4.78 is 27.7. The van der Waals surface area contributed by atoms with Crippen LogP contribution in [-0.4, -0.2) is 29.8 Å². The molecule has 0 spiro atoms. The van der Waals surface area contributed by atoms with Crippen molar-refractivity contribution < 1.29 is 8.42 Å². The molecule has 2 N–H and O–H groups in total. The van der Waals surface area contributed by atoms with Crippen LogP contribution in [0, 0.1) is 0 Å². The number of hydrogen-bond acceptors (Lipinski definition) is 4. The summed E-state index contributed by atoms with van der Waals surface area (Å²) in [5.41, 5.74) is 5.74. The highest BCUT2D eigenvalue weighted by molar-refractivity contribution is 9.10. The summed E-state index contributed by atoms with van der Waals surface area (Å²) in [7, 11) is -3.60. The average molecular weight is 348 g/mol. The quantitative estimate of drug-likeness (QED) is 0.890. The van der Waals surface area contributed by atoms with Crippen molar-refractivity contribution in [3.05, 3.63) is 16.7 Å². The summed E-state index contributed by atoms with van der Waals surface area (Å²) >= 11 is 3.24. The van der Waals surface area contributed by atoms with Crippen LogP contribution in [0.1, 0.15) is 33.1 Å². The third-order valence-corrected chi connectivity index (χ3v) is 6.11. The van der Waals surface area contributed by atoms with E-state index in [1.807, 2.05) is 13.8 Å². The van der Waals surface area contributed by atoms with Crippen molar-refractivity contribution in [2.45, 2.75) is 50.1 Å². The topological polar surface area (TPSA) is 76.3 Å². The van der Waals surface area contributed by atoms with E-state index < -0.39 is 10.0 Å². The zero-order valence-electron chi connectivity index (χ0n) is 11.0. The van der Waals surface area contributed by atoms with Crippen molar-refractivity contribution in [3.8, 4) is 0 Å². The van der Waals surface area contributed by atoms with Gasteiger partial charge in [-0.2, -0.15) is 4.31 Å². The van der Waals surface area contributed by atoms with E-state index in [1.54, 1.807) is 4.31 Å². The van der Waals surface area contributed by atoms with E-state index in [0.717, 1.165) is 19.3 Å². The first-order valence-corrected chi connectivity index (χ1v) is 8.52. The lowest BCUT2D eigenvalue weighted by Gasteiger charge is -2.37. The van der Waals surface area contributed by atoms with Crippen molar-refractivity contribution in [1.29, 1.82) is 0 Å². The monoisotopic (exact) mass is 347 g/mol. The normalized spacial score (nSPS) is 25.4. The van der Waals surface area contributed by atoms with Crippen LogP contribution in [0.4, 0.5) is 5.82 Å². The van der Waals surface area contributed by atoms with Gasteiger partial charge in [-0.15, -0.1) is 0 Å². The second-order valence-electron chi connectivity index (χ2n) is 5.00. The first-order valence-electron chi connectivity index (χ1n) is 6.28. The molecule has 2 heterocycles. The number of rotatable bonds is 2. The van der Waals surface area contributed by atoms with E-state index in [4.69, 9.17) is 5.73 Å². The number of pyridine rings is 1. The first kappa shape index (κ1) is 14.7. The molecule has 1 aliphatic heterocycles. The van der Waals surface area contributed by atoms with Gasteiger partial charge in [0.2, 0.25) is 10.0 Å². The van der Waals surface area contributed by atoms with Gasteiger partial charge in [-0.25, -0.2) is 13.4 Å². The summed E-state index contributed by atoms with van der Waals surface area (Å²) in [6.07, 6.45) is 4.31. The molecule has 1 aromatic heterocycles. The largest absolute Gasteiger partial charge is 0.383 e. The fourth-order valence-electron chi connectivity index (χ4n) is 2.62. The Kier molecular flexibility index (Phi) is 4.17. The minimum atomic E-state index is -3.60. The zero-order chi connectivity index (χ0) is 14.2. The van der Waals surface area contributed by atoms with Gasteiger partial charge in [-0.3, -0.25) is 0 Å². The Morgan fingerprint density at radius 3 is 2.53 bits per heavy atom. The van der Waals surface area contributed by atoms with Crippen LogP contribution in [-0.2, 0) is 10.0 Å². The van der Waals surface area contributed by atoms with Gasteiger partial charge in [0.25, 0.3) is 0 Å². The second-order valence-corrected chi connectivity index (χ2v) is 7.73. The number of nitrogens with zero attached hydrogens (tertiary/aromatic N) is 2. The molecule has 2 unspecified atom stereocenters. The van der Waals surface area contributed by atoms with Gasteiger partial charge in [-0.05, 0) is 48.7 Å². The maximum absolute atomic E-state index is 12.8. The summed E-state index contributed by atoms with van der Waals surface area (Å²) in [5.74, 6) is 0.0492. The lowest BCUT2D eigenvalue weighted by Crippen LogP contribution is -2.47. The molecule has 1 aliphatic rings. The van der Waals surface area contributed by atoms with Gasteiger partial charge in [0, 0.05) is 22.8 Å². The molecule has 0 radical (unpaired) electrons. The minimum Gasteiger partial charge on any atom is -0.383 e. The maximum atomic E-state index is 12.8. The maximum Gasteiger partial charge on any atom is 0.247 e. The molecule has 0 aromatic carbocycles. The standard InChI is InChI=1S/C12H18BrN3O2S/c1-8-4-3-5-9(2)16(8)19(17,18)11-6-10(13)7-15-12(11)14/h6-9H,3-5H2,1-2H3,(H2,14,15). The molecule has 106 valence electrons. The van der Waals surface area contributed by atoms with Crippen molar-refractivity contribution >= 4 is 31.8 Å². The molecule has 1 saturated heterocycles. The summed E-state index contributed by atoms with van der Waals surface area (Å²) in [6, 6.07) is 1.50. The molecule has 7 heteroatoms. The lowest BCUT2D eigenvalue weighted by molar-refractivity contribution is 0.204. The number of nitrogens with two attached hydrogens (primary N) is 1. The number of sulfonamides is 1. The second kappa shape index (κ2) is 5.38. The highest BCUT2D eigenvalue weighted by Crippen LogP contribution is 2.32. The Morgan fingerprint density at radius 2 is 1.95 bits per heavy atom. The van der Waals surface area contributed by atoms with Crippen LogP contribution < -0.4 is 5.73 Å². The molecule has 1 fully saturated rings. The highest BCUT2D eigenvalue weighted by Gasteiger charge is 2.37. The number of hydrogen-bond donors (Lipinski definition) is 1. The number of anilines is 1. The Balaban J connectivity index is 2.49. The lowest BCUT2D eigenvalue weighted by atomic mass is 10.0. The fraction of sp³-hybridized carbons (Fsp3) is 0.583. The number of aromatic nitrogens is 1. The predicted molar refractivity (Wildman–Crippen MR) is 78.1 cm³/mol. The van der Waals surface area contributed by atoms with Crippen LogP contribution in [0.3, 0.4) is 0 Å². The number of nitrogen functional groups attached to an aromatic ring is 1. The van der Waals surface area contributed by atoms with Crippen LogP contribution in [0.5, 0.6) is 0 Å². The molecule has 0 aliphatic carbocycles. The SMILES string of the molecule is CC1CCCC(C)N1S(=O)(=O)c1cc(Br)cnc1N. The molecular weight excluding hydrogens is 330 g/mol. The molecule has 5 nitrogen and oxygen atoms in total. The third-order valence-electron chi connectivity index (χ3n) is 3.52. The molecule has 2 rings (SSSR count). The number of halogens is 1. The van der Waals surface area contributed by atoms with Crippen LogP contribution in [0.25, 0.3) is 0 Å². The Labute approximate surface area is 122 Å². The molecule has 0 bridgehead atoms. The molecule has 0 saturated carbocycles. The number of piperidine rings is 1. The summed E-state index contributed by atoms with van der Waals surface area (Å²) in [4.78, 5) is 4.00. The molecular formula is C12H18BrN3O2S. The van der Waals surface area contributed by atoms with E-state index in [0.29, 0.717) is 4.47 Å². The summed E-state index contributed by atoms with van der Waals surface area (Å²) in [5, 5.41) is 0. The van der Waals surface area contributed by atoms with Gasteiger partial charge in [0.15, 0.2) is 0 Å². The van der Waals surface area contributed by atoms with Gasteiger partial charge in [-0.1, -0.05) is 6.42 Å². The van der Waals surface area contributed by atoms with E-state index in [2.05, 4.69) is 20.9 Å². The highest BCUT2D eigenvalue weighted by atomic mass is 79.9. The average Bonchev–Trinajstić information content (AvgIpc) is 2.31. The minimum absolute atomic E-state index is 0.00729. The van der Waals surface area contributed by atoms with Crippen LogP contribution >= 0.6 is 15.9 Å². The van der Waals surface area contributed by atoms with Gasteiger partial charge < -0.3 is 5.73 Å². The molecule has 0 amide bonds. The Hall–Kier alpha value is -0.660. The van der Waals surface area contributed by atoms with E-state index in [1.165, 1.54) is 12.3 Å². The van der Waals surface area contributed by atoms with Gasteiger partial charge in [0.05, 0.1) is 0 Å². The van der Waals surface area contributed by atoms with E-state index in [9.17, 15) is 8.42 Å². The van der Waals surface area contributed by atoms with Crippen molar-refractivity contribution in [2.24, 2.45) is 0 Å². The Morgan fingerprint density at radius 1 is 1.37 bits per heavy atom. The van der Waals surface area contributed by atoms with Gasteiger partial charge >= 0.3 is 0 Å². The predicted octanol–water partition coefficient (Wildman–Crippen LogP) is 2.38. The molecule has 19 heavy (non-hydrogen) atoms. The van der Waals surface area contributed by atoms with Crippen LogP contribution in [0.2, 0.25) is 0 Å². The van der Waals surface area contributed by atoms with Crippen LogP contribution in [0.15, 0.2) is 21.6 Å². The zero-order valence-corrected chi connectivity index (χ0v) is 13.4.